The normalized spacial score (nSPS) is 10.4. The number of amides is 1. The van der Waals surface area contributed by atoms with Crippen molar-refractivity contribution < 1.29 is 14.1 Å². The van der Waals surface area contributed by atoms with Crippen molar-refractivity contribution in [2.45, 2.75) is 13.5 Å². The molecule has 1 aromatic carbocycles. The summed E-state index contributed by atoms with van der Waals surface area (Å²) in [6.07, 6.45) is 1.56. The highest BCUT2D eigenvalue weighted by Gasteiger charge is 2.19. The number of hydrogen-bond acceptors (Lipinski definition) is 4. The summed E-state index contributed by atoms with van der Waals surface area (Å²) in [6, 6.07) is 6.12. The van der Waals surface area contributed by atoms with Gasteiger partial charge in [-0.15, -0.1) is 0 Å². The first-order valence-electron chi connectivity index (χ1n) is 6.12. The van der Waals surface area contributed by atoms with Crippen LogP contribution in [0.5, 0.6) is 0 Å². The number of benzene rings is 1. The number of nitro groups is 1. The molecule has 0 aliphatic carbocycles. The molecule has 2 aromatic rings. The summed E-state index contributed by atoms with van der Waals surface area (Å²) in [7, 11) is 1.64. The number of rotatable bonds is 4. The second-order valence-corrected chi connectivity index (χ2v) is 5.44. The molecular weight excluding hydrogens is 340 g/mol. The Morgan fingerprint density at radius 2 is 2.14 bits per heavy atom. The molecule has 0 unspecified atom stereocenters. The Labute approximate surface area is 129 Å². The fourth-order valence-electron chi connectivity index (χ4n) is 1.91. The van der Waals surface area contributed by atoms with E-state index >= 15 is 0 Å². The minimum absolute atomic E-state index is 0.131. The van der Waals surface area contributed by atoms with Gasteiger partial charge in [-0.2, -0.15) is 0 Å². The SMILES string of the molecule is Cc1occc1CN(C)C(=O)c1ccc(Br)c([N+](=O)[O-])c1. The molecule has 0 radical (unpaired) electrons. The van der Waals surface area contributed by atoms with Crippen molar-refractivity contribution >= 4 is 27.5 Å². The third-order valence-corrected chi connectivity index (χ3v) is 3.78. The number of carbonyl (C=O) groups is 1. The van der Waals surface area contributed by atoms with Crippen molar-refractivity contribution in [2.75, 3.05) is 7.05 Å². The quantitative estimate of drug-likeness (QED) is 0.622. The van der Waals surface area contributed by atoms with E-state index in [-0.39, 0.29) is 17.2 Å². The van der Waals surface area contributed by atoms with Gasteiger partial charge in [0, 0.05) is 30.8 Å². The van der Waals surface area contributed by atoms with Gasteiger partial charge >= 0.3 is 0 Å². The molecule has 0 atom stereocenters. The van der Waals surface area contributed by atoms with Crippen molar-refractivity contribution in [3.63, 3.8) is 0 Å². The van der Waals surface area contributed by atoms with Crippen LogP contribution in [0.4, 0.5) is 5.69 Å². The second-order valence-electron chi connectivity index (χ2n) is 4.59. The van der Waals surface area contributed by atoms with Crippen LogP contribution >= 0.6 is 15.9 Å². The maximum absolute atomic E-state index is 12.3. The van der Waals surface area contributed by atoms with E-state index in [0.717, 1.165) is 11.3 Å². The van der Waals surface area contributed by atoms with E-state index in [2.05, 4.69) is 15.9 Å². The summed E-state index contributed by atoms with van der Waals surface area (Å²) in [4.78, 5) is 24.2. The highest BCUT2D eigenvalue weighted by Crippen LogP contribution is 2.26. The molecule has 0 saturated heterocycles. The fourth-order valence-corrected chi connectivity index (χ4v) is 2.30. The number of hydrogen-bond donors (Lipinski definition) is 0. The zero-order valence-electron chi connectivity index (χ0n) is 11.5. The molecule has 21 heavy (non-hydrogen) atoms. The van der Waals surface area contributed by atoms with Crippen LogP contribution in [0.25, 0.3) is 0 Å². The molecule has 2 rings (SSSR count). The van der Waals surface area contributed by atoms with Gasteiger partial charge in [-0.1, -0.05) is 0 Å². The highest BCUT2D eigenvalue weighted by molar-refractivity contribution is 9.10. The van der Waals surface area contributed by atoms with E-state index < -0.39 is 4.92 Å². The molecule has 6 nitrogen and oxygen atoms in total. The molecule has 110 valence electrons. The van der Waals surface area contributed by atoms with Crippen LogP contribution < -0.4 is 0 Å². The van der Waals surface area contributed by atoms with E-state index in [9.17, 15) is 14.9 Å². The molecule has 1 aromatic heterocycles. The average molecular weight is 353 g/mol. The Balaban J connectivity index is 2.21. The zero-order valence-corrected chi connectivity index (χ0v) is 13.1. The Morgan fingerprint density at radius 1 is 1.43 bits per heavy atom. The van der Waals surface area contributed by atoms with Gasteiger partial charge in [-0.25, -0.2) is 0 Å². The molecule has 0 N–H and O–H groups in total. The van der Waals surface area contributed by atoms with Gasteiger partial charge in [0.15, 0.2) is 0 Å². The van der Waals surface area contributed by atoms with Crippen molar-refractivity contribution in [2.24, 2.45) is 0 Å². The van der Waals surface area contributed by atoms with Gasteiger partial charge in [0.2, 0.25) is 0 Å². The number of carbonyl (C=O) groups excluding carboxylic acids is 1. The molecule has 1 amide bonds. The molecule has 0 saturated carbocycles. The number of nitrogens with zero attached hydrogens (tertiary/aromatic N) is 2. The van der Waals surface area contributed by atoms with E-state index in [1.54, 1.807) is 25.4 Å². The minimum Gasteiger partial charge on any atom is -0.469 e. The monoisotopic (exact) mass is 352 g/mol. The second kappa shape index (κ2) is 6.09. The molecule has 0 bridgehead atoms. The van der Waals surface area contributed by atoms with Gasteiger partial charge < -0.3 is 9.32 Å². The lowest BCUT2D eigenvalue weighted by atomic mass is 10.1. The Hall–Kier alpha value is -2.15. The van der Waals surface area contributed by atoms with Gasteiger partial charge in [0.1, 0.15) is 5.76 Å². The van der Waals surface area contributed by atoms with Crippen molar-refractivity contribution in [3.05, 3.63) is 62.0 Å². The molecule has 0 fully saturated rings. The molecule has 0 aliphatic heterocycles. The van der Waals surface area contributed by atoms with E-state index in [1.807, 2.05) is 6.92 Å². The zero-order chi connectivity index (χ0) is 15.6. The third kappa shape index (κ3) is 3.30. The number of furan rings is 1. The summed E-state index contributed by atoms with van der Waals surface area (Å²) in [5, 5.41) is 10.9. The first-order chi connectivity index (χ1) is 9.90. The van der Waals surface area contributed by atoms with Gasteiger partial charge in [0.05, 0.1) is 15.7 Å². The van der Waals surface area contributed by atoms with E-state index in [0.29, 0.717) is 11.0 Å². The molecule has 0 spiro atoms. The van der Waals surface area contributed by atoms with Crippen LogP contribution in [0.3, 0.4) is 0 Å². The first kappa shape index (κ1) is 15.2. The van der Waals surface area contributed by atoms with E-state index in [4.69, 9.17) is 4.42 Å². The van der Waals surface area contributed by atoms with Crippen molar-refractivity contribution in [3.8, 4) is 0 Å². The van der Waals surface area contributed by atoms with Crippen molar-refractivity contribution in [1.29, 1.82) is 0 Å². The Kier molecular flexibility index (Phi) is 4.42. The lowest BCUT2D eigenvalue weighted by Crippen LogP contribution is -2.26. The van der Waals surface area contributed by atoms with E-state index in [1.165, 1.54) is 17.0 Å². The van der Waals surface area contributed by atoms with Crippen LogP contribution in [-0.4, -0.2) is 22.8 Å². The number of aryl methyl sites for hydroxylation is 1. The molecule has 7 heteroatoms. The van der Waals surface area contributed by atoms with Crippen molar-refractivity contribution in [1.82, 2.24) is 4.90 Å². The minimum atomic E-state index is -0.527. The smallest absolute Gasteiger partial charge is 0.284 e. The van der Waals surface area contributed by atoms with Crippen LogP contribution in [0, 0.1) is 17.0 Å². The average Bonchev–Trinajstić information content (AvgIpc) is 2.83. The largest absolute Gasteiger partial charge is 0.469 e. The van der Waals surface area contributed by atoms with Gasteiger partial charge in [-0.3, -0.25) is 14.9 Å². The Morgan fingerprint density at radius 3 is 2.71 bits per heavy atom. The van der Waals surface area contributed by atoms with Crippen LogP contribution in [0.1, 0.15) is 21.7 Å². The predicted molar refractivity (Wildman–Crippen MR) is 80.0 cm³/mol. The van der Waals surface area contributed by atoms with Crippen LogP contribution in [0.2, 0.25) is 0 Å². The molecular formula is C14H13BrN2O4. The maximum Gasteiger partial charge on any atom is 0.284 e. The Bertz CT molecular complexity index is 696. The van der Waals surface area contributed by atoms with Crippen LogP contribution in [0.15, 0.2) is 39.4 Å². The summed E-state index contributed by atoms with van der Waals surface area (Å²) in [5.74, 6) is 0.461. The predicted octanol–water partition coefficient (Wildman–Crippen LogP) is 3.53. The fraction of sp³-hybridized carbons (Fsp3) is 0.214. The summed E-state index contributed by atoms with van der Waals surface area (Å²) < 4.78 is 5.53. The van der Waals surface area contributed by atoms with Gasteiger partial charge in [0.25, 0.3) is 11.6 Å². The standard InChI is InChI=1S/C14H13BrN2O4/c1-9-11(5-6-21-9)8-16(2)14(18)10-3-4-12(15)13(7-10)17(19)20/h3-7H,8H2,1-2H3. The summed E-state index contributed by atoms with van der Waals surface area (Å²) >= 11 is 3.10. The number of halogens is 1. The number of nitro benzene ring substituents is 1. The summed E-state index contributed by atoms with van der Waals surface area (Å²) in [6.45, 7) is 2.20. The maximum atomic E-state index is 12.3. The summed E-state index contributed by atoms with van der Waals surface area (Å²) in [5.41, 5.74) is 1.04. The lowest BCUT2D eigenvalue weighted by molar-refractivity contribution is -0.385. The first-order valence-corrected chi connectivity index (χ1v) is 6.92. The highest BCUT2D eigenvalue weighted by atomic mass is 79.9. The van der Waals surface area contributed by atoms with Crippen LogP contribution in [-0.2, 0) is 6.54 Å². The molecule has 0 aliphatic rings. The van der Waals surface area contributed by atoms with Gasteiger partial charge in [-0.05, 0) is 41.1 Å². The molecule has 1 heterocycles. The topological polar surface area (TPSA) is 76.6 Å². The lowest BCUT2D eigenvalue weighted by Gasteiger charge is -2.16. The third-order valence-electron chi connectivity index (χ3n) is 3.11.